The second-order valence-corrected chi connectivity index (χ2v) is 6.21. The molecule has 3 N–H and O–H groups in total. The summed E-state index contributed by atoms with van der Waals surface area (Å²) in [5.41, 5.74) is 7.84. The predicted octanol–water partition coefficient (Wildman–Crippen LogP) is 3.29. The van der Waals surface area contributed by atoms with Crippen LogP contribution in [0.5, 0.6) is 0 Å². The normalized spacial score (nSPS) is 12.6. The van der Waals surface area contributed by atoms with Crippen molar-refractivity contribution in [2.24, 2.45) is 5.41 Å². The van der Waals surface area contributed by atoms with Crippen molar-refractivity contribution in [1.82, 2.24) is 4.98 Å². The van der Waals surface area contributed by atoms with Gasteiger partial charge in [0, 0.05) is 11.7 Å². The molecule has 0 saturated heterocycles. The average molecular weight is 221 g/mol. The fourth-order valence-corrected chi connectivity index (χ4v) is 2.26. The van der Waals surface area contributed by atoms with E-state index in [4.69, 9.17) is 5.73 Å². The van der Waals surface area contributed by atoms with Crippen LogP contribution >= 0.6 is 0 Å². The highest BCUT2D eigenvalue weighted by Crippen LogP contribution is 2.30. The van der Waals surface area contributed by atoms with E-state index in [-0.39, 0.29) is 11.0 Å². The third kappa shape index (κ3) is 4.09. The Bertz CT molecular complexity index is 350. The van der Waals surface area contributed by atoms with Crippen LogP contribution < -0.4 is 11.1 Å². The molecule has 16 heavy (non-hydrogen) atoms. The summed E-state index contributed by atoms with van der Waals surface area (Å²) < 4.78 is 0. The Hall–Kier alpha value is -1.25. The van der Waals surface area contributed by atoms with Crippen LogP contribution in [-0.4, -0.2) is 10.5 Å². The maximum atomic E-state index is 5.87. The molecule has 0 aliphatic rings. The van der Waals surface area contributed by atoms with Crippen molar-refractivity contribution in [3.63, 3.8) is 0 Å². The zero-order valence-corrected chi connectivity index (χ0v) is 11.0. The molecule has 1 aromatic heterocycles. The summed E-state index contributed by atoms with van der Waals surface area (Å²) in [6, 6.07) is 1.92. The zero-order valence-electron chi connectivity index (χ0n) is 11.0. The summed E-state index contributed by atoms with van der Waals surface area (Å²) in [5.74, 6) is 0. The number of anilines is 2. The van der Waals surface area contributed by atoms with Gasteiger partial charge in [0.15, 0.2) is 0 Å². The van der Waals surface area contributed by atoms with Crippen LogP contribution in [0.25, 0.3) is 0 Å². The Kier molecular flexibility index (Phi) is 3.46. The van der Waals surface area contributed by atoms with Gasteiger partial charge in [0.1, 0.15) is 0 Å². The number of pyridine rings is 1. The fourth-order valence-electron chi connectivity index (χ4n) is 2.26. The van der Waals surface area contributed by atoms with Gasteiger partial charge in [-0.05, 0) is 31.7 Å². The summed E-state index contributed by atoms with van der Waals surface area (Å²) in [7, 11) is 0. The molecule has 0 bridgehead atoms. The first-order valence-electron chi connectivity index (χ1n) is 5.67. The smallest absolute Gasteiger partial charge is 0.0736 e. The highest BCUT2D eigenvalue weighted by atomic mass is 15.0. The quantitative estimate of drug-likeness (QED) is 0.823. The molecule has 0 unspecified atom stereocenters. The summed E-state index contributed by atoms with van der Waals surface area (Å²) in [4.78, 5) is 3.98. The minimum absolute atomic E-state index is 0.0216. The molecule has 0 atom stereocenters. The standard InChI is InChI=1S/C13H23N3/c1-12(2,3)9-13(4,5)16-11-6-7-15-8-10(11)14/h6-8H,9,14H2,1-5H3,(H,15,16). The monoisotopic (exact) mass is 221 g/mol. The molecule has 0 aliphatic carbocycles. The lowest BCUT2D eigenvalue weighted by Crippen LogP contribution is -2.35. The van der Waals surface area contributed by atoms with Gasteiger partial charge in [-0.1, -0.05) is 20.8 Å². The predicted molar refractivity (Wildman–Crippen MR) is 70.4 cm³/mol. The topological polar surface area (TPSA) is 50.9 Å². The van der Waals surface area contributed by atoms with Gasteiger partial charge in [-0.3, -0.25) is 4.98 Å². The van der Waals surface area contributed by atoms with E-state index in [1.54, 1.807) is 12.4 Å². The highest BCUT2D eigenvalue weighted by Gasteiger charge is 2.25. The van der Waals surface area contributed by atoms with Crippen molar-refractivity contribution < 1.29 is 0 Å². The Labute approximate surface area is 98.5 Å². The minimum atomic E-state index is 0.0216. The second kappa shape index (κ2) is 4.32. The molecule has 0 radical (unpaired) electrons. The van der Waals surface area contributed by atoms with Gasteiger partial charge in [-0.15, -0.1) is 0 Å². The van der Waals surface area contributed by atoms with Crippen LogP contribution in [0.4, 0.5) is 11.4 Å². The van der Waals surface area contributed by atoms with Gasteiger partial charge in [0.05, 0.1) is 17.6 Å². The van der Waals surface area contributed by atoms with Gasteiger partial charge in [0.25, 0.3) is 0 Å². The largest absolute Gasteiger partial charge is 0.396 e. The van der Waals surface area contributed by atoms with E-state index in [9.17, 15) is 0 Å². The molecule has 0 spiro atoms. The van der Waals surface area contributed by atoms with Crippen LogP contribution in [0, 0.1) is 5.41 Å². The molecule has 0 fully saturated rings. The Morgan fingerprint density at radius 1 is 1.25 bits per heavy atom. The van der Waals surface area contributed by atoms with Crippen LogP contribution in [0.1, 0.15) is 41.0 Å². The molecular formula is C13H23N3. The third-order valence-electron chi connectivity index (χ3n) is 2.30. The molecule has 0 aromatic carbocycles. The first-order valence-corrected chi connectivity index (χ1v) is 5.67. The van der Waals surface area contributed by atoms with Crippen molar-refractivity contribution >= 4 is 11.4 Å². The number of nitrogens with one attached hydrogen (secondary N) is 1. The summed E-state index contributed by atoms with van der Waals surface area (Å²) >= 11 is 0. The van der Waals surface area contributed by atoms with Gasteiger partial charge < -0.3 is 11.1 Å². The first-order chi connectivity index (χ1) is 7.20. The first kappa shape index (κ1) is 12.8. The van der Waals surface area contributed by atoms with Crippen LogP contribution in [0.2, 0.25) is 0 Å². The van der Waals surface area contributed by atoms with Gasteiger partial charge in [-0.2, -0.15) is 0 Å². The van der Waals surface area contributed by atoms with Crippen molar-refractivity contribution in [2.45, 2.75) is 46.6 Å². The van der Waals surface area contributed by atoms with Gasteiger partial charge >= 0.3 is 0 Å². The lowest BCUT2D eigenvalue weighted by Gasteiger charge is -2.34. The number of nitrogens with two attached hydrogens (primary N) is 1. The Balaban J connectivity index is 2.77. The van der Waals surface area contributed by atoms with Crippen molar-refractivity contribution in [3.05, 3.63) is 18.5 Å². The molecule has 1 aromatic rings. The number of hydrogen-bond donors (Lipinski definition) is 2. The number of hydrogen-bond acceptors (Lipinski definition) is 3. The van der Waals surface area contributed by atoms with E-state index < -0.39 is 0 Å². The number of rotatable bonds is 3. The Morgan fingerprint density at radius 2 is 1.88 bits per heavy atom. The summed E-state index contributed by atoms with van der Waals surface area (Å²) in [5, 5.41) is 3.48. The van der Waals surface area contributed by atoms with E-state index in [0.717, 1.165) is 12.1 Å². The molecule has 90 valence electrons. The van der Waals surface area contributed by atoms with E-state index in [1.165, 1.54) is 0 Å². The lowest BCUT2D eigenvalue weighted by molar-refractivity contribution is 0.302. The van der Waals surface area contributed by atoms with Crippen LogP contribution in [-0.2, 0) is 0 Å². The Morgan fingerprint density at radius 3 is 2.38 bits per heavy atom. The summed E-state index contributed by atoms with van der Waals surface area (Å²) in [6.07, 6.45) is 4.50. The minimum Gasteiger partial charge on any atom is -0.396 e. The van der Waals surface area contributed by atoms with Gasteiger partial charge in [-0.25, -0.2) is 0 Å². The zero-order chi connectivity index (χ0) is 12.4. The molecule has 0 aliphatic heterocycles. The van der Waals surface area contributed by atoms with Crippen LogP contribution in [0.15, 0.2) is 18.5 Å². The van der Waals surface area contributed by atoms with Crippen molar-refractivity contribution in [3.8, 4) is 0 Å². The molecule has 3 heteroatoms. The summed E-state index contributed by atoms with van der Waals surface area (Å²) in [6.45, 7) is 11.1. The maximum absolute atomic E-state index is 5.87. The molecule has 1 rings (SSSR count). The molecule has 0 amide bonds. The number of nitrogen functional groups attached to an aromatic ring is 1. The lowest BCUT2D eigenvalue weighted by atomic mass is 9.81. The second-order valence-electron chi connectivity index (χ2n) is 6.21. The fraction of sp³-hybridized carbons (Fsp3) is 0.615. The van der Waals surface area contributed by atoms with E-state index in [0.29, 0.717) is 5.69 Å². The SMILES string of the molecule is CC(C)(C)CC(C)(C)Nc1ccncc1N. The van der Waals surface area contributed by atoms with Gasteiger partial charge in [0.2, 0.25) is 0 Å². The molecule has 0 saturated carbocycles. The average Bonchev–Trinajstić information content (AvgIpc) is 2.04. The van der Waals surface area contributed by atoms with Crippen LogP contribution in [0.3, 0.4) is 0 Å². The van der Waals surface area contributed by atoms with E-state index in [2.05, 4.69) is 44.9 Å². The molecule has 1 heterocycles. The molecule has 3 nitrogen and oxygen atoms in total. The maximum Gasteiger partial charge on any atom is 0.0736 e. The van der Waals surface area contributed by atoms with Crippen molar-refractivity contribution in [2.75, 3.05) is 11.1 Å². The third-order valence-corrected chi connectivity index (χ3v) is 2.30. The highest BCUT2D eigenvalue weighted by molar-refractivity contribution is 5.65. The van der Waals surface area contributed by atoms with Crippen molar-refractivity contribution in [1.29, 1.82) is 0 Å². The van der Waals surface area contributed by atoms with E-state index in [1.807, 2.05) is 6.07 Å². The number of nitrogens with zero attached hydrogens (tertiary/aromatic N) is 1. The molecular weight excluding hydrogens is 198 g/mol. The van der Waals surface area contributed by atoms with E-state index >= 15 is 0 Å². The number of aromatic nitrogens is 1.